The van der Waals surface area contributed by atoms with Gasteiger partial charge in [-0.05, 0) is 37.0 Å². The Kier molecular flexibility index (Phi) is 2.88. The number of nitriles is 1. The average molecular weight is 279 g/mol. The van der Waals surface area contributed by atoms with Crippen molar-refractivity contribution in [3.63, 3.8) is 0 Å². The summed E-state index contributed by atoms with van der Waals surface area (Å²) in [6.45, 7) is 1.86. The van der Waals surface area contributed by atoms with Crippen LogP contribution in [0.2, 0.25) is 0 Å². The Morgan fingerprint density at radius 3 is 2.95 bits per heavy atom. The molecular weight excluding hydrogens is 262 g/mol. The van der Waals surface area contributed by atoms with Gasteiger partial charge in [-0.1, -0.05) is 0 Å². The van der Waals surface area contributed by atoms with Crippen LogP contribution < -0.4 is 4.90 Å². The van der Waals surface area contributed by atoms with Gasteiger partial charge >= 0.3 is 0 Å². The summed E-state index contributed by atoms with van der Waals surface area (Å²) < 4.78 is 0. The van der Waals surface area contributed by atoms with Crippen LogP contribution in [0, 0.1) is 11.3 Å². The molecule has 1 N–H and O–H groups in total. The number of aromatic amines is 1. The topological polar surface area (TPSA) is 68.6 Å². The lowest BCUT2D eigenvalue weighted by molar-refractivity contribution is 0.772. The summed E-state index contributed by atoms with van der Waals surface area (Å²) in [5, 5.41) is 16.8. The first-order valence-electron chi connectivity index (χ1n) is 7.52. The Morgan fingerprint density at radius 1 is 1.29 bits per heavy atom. The van der Waals surface area contributed by atoms with Gasteiger partial charge in [0.1, 0.15) is 5.82 Å². The third kappa shape index (κ3) is 2.27. The second-order valence-corrected chi connectivity index (χ2v) is 5.84. The van der Waals surface area contributed by atoms with Crippen LogP contribution in [0.3, 0.4) is 0 Å². The summed E-state index contributed by atoms with van der Waals surface area (Å²) >= 11 is 0. The van der Waals surface area contributed by atoms with Crippen LogP contribution >= 0.6 is 0 Å². The first-order chi connectivity index (χ1) is 10.3. The molecule has 2 aliphatic rings. The van der Waals surface area contributed by atoms with Gasteiger partial charge in [0.15, 0.2) is 0 Å². The maximum Gasteiger partial charge on any atom is 0.129 e. The number of pyridine rings is 1. The summed E-state index contributed by atoms with van der Waals surface area (Å²) in [5.41, 5.74) is 4.68. The van der Waals surface area contributed by atoms with Gasteiger partial charge in [0.25, 0.3) is 0 Å². The van der Waals surface area contributed by atoms with E-state index in [1.807, 2.05) is 6.07 Å². The summed E-state index contributed by atoms with van der Waals surface area (Å²) in [4.78, 5) is 6.69. The molecule has 2 aromatic rings. The molecule has 5 nitrogen and oxygen atoms in total. The van der Waals surface area contributed by atoms with Crippen LogP contribution in [0.5, 0.6) is 0 Å². The Balaban J connectivity index is 1.57. The normalized spacial score (nSPS) is 18.0. The van der Waals surface area contributed by atoms with E-state index in [0.29, 0.717) is 11.5 Å². The van der Waals surface area contributed by atoms with E-state index >= 15 is 0 Å². The van der Waals surface area contributed by atoms with Gasteiger partial charge in [-0.3, -0.25) is 5.10 Å². The fraction of sp³-hybridized carbons (Fsp3) is 0.438. The number of hydrogen-bond acceptors (Lipinski definition) is 4. The van der Waals surface area contributed by atoms with E-state index in [4.69, 9.17) is 5.26 Å². The fourth-order valence-corrected chi connectivity index (χ4v) is 3.09. The summed E-state index contributed by atoms with van der Waals surface area (Å²) in [6, 6.07) is 5.81. The molecule has 1 saturated carbocycles. The highest BCUT2D eigenvalue weighted by Crippen LogP contribution is 2.41. The number of aromatic nitrogens is 3. The summed E-state index contributed by atoms with van der Waals surface area (Å²) in [7, 11) is 0. The molecule has 0 saturated heterocycles. The number of fused-ring (bicyclic) bond motifs is 1. The van der Waals surface area contributed by atoms with E-state index in [0.717, 1.165) is 31.7 Å². The van der Waals surface area contributed by atoms with Gasteiger partial charge < -0.3 is 4.90 Å². The van der Waals surface area contributed by atoms with Gasteiger partial charge in [-0.25, -0.2) is 4.98 Å². The molecule has 0 unspecified atom stereocenters. The summed E-state index contributed by atoms with van der Waals surface area (Å²) in [5.74, 6) is 1.59. The molecule has 21 heavy (non-hydrogen) atoms. The van der Waals surface area contributed by atoms with E-state index in [-0.39, 0.29) is 0 Å². The van der Waals surface area contributed by atoms with Crippen molar-refractivity contribution in [3.05, 3.63) is 40.8 Å². The first kappa shape index (κ1) is 12.4. The van der Waals surface area contributed by atoms with Crippen LogP contribution in [0.4, 0.5) is 5.82 Å². The lowest BCUT2D eigenvalue weighted by Gasteiger charge is -2.21. The Bertz CT molecular complexity index is 708. The first-order valence-corrected chi connectivity index (χ1v) is 7.52. The molecule has 1 fully saturated rings. The number of rotatable bonds is 2. The van der Waals surface area contributed by atoms with Gasteiger partial charge in [-0.2, -0.15) is 10.4 Å². The predicted molar refractivity (Wildman–Crippen MR) is 79.1 cm³/mol. The monoisotopic (exact) mass is 279 g/mol. The van der Waals surface area contributed by atoms with E-state index in [2.05, 4.69) is 26.2 Å². The maximum absolute atomic E-state index is 9.02. The molecule has 0 radical (unpaired) electrons. The fourth-order valence-electron chi connectivity index (χ4n) is 3.09. The largest absolute Gasteiger partial charge is 0.356 e. The molecular formula is C16H17N5. The Morgan fingerprint density at radius 2 is 2.14 bits per heavy atom. The molecule has 0 amide bonds. The van der Waals surface area contributed by atoms with Crippen molar-refractivity contribution >= 4 is 5.82 Å². The Hall–Kier alpha value is -2.35. The highest BCUT2D eigenvalue weighted by atomic mass is 15.2. The molecule has 4 rings (SSSR count). The van der Waals surface area contributed by atoms with Crippen molar-refractivity contribution in [3.8, 4) is 6.07 Å². The van der Waals surface area contributed by atoms with E-state index < -0.39 is 0 Å². The third-order valence-corrected chi connectivity index (χ3v) is 4.41. The second kappa shape index (κ2) is 4.88. The SMILES string of the molecule is N#Cc1ccnc(N2CCc3[nH]nc(C4CC4)c3CC2)c1. The molecule has 0 aromatic carbocycles. The highest BCUT2D eigenvalue weighted by molar-refractivity contribution is 5.46. The van der Waals surface area contributed by atoms with Crippen molar-refractivity contribution in [2.45, 2.75) is 31.6 Å². The zero-order valence-electron chi connectivity index (χ0n) is 11.8. The molecule has 5 heteroatoms. The molecule has 106 valence electrons. The lowest BCUT2D eigenvalue weighted by Crippen LogP contribution is -2.27. The minimum Gasteiger partial charge on any atom is -0.356 e. The molecule has 0 atom stereocenters. The van der Waals surface area contributed by atoms with Crippen molar-refractivity contribution in [2.24, 2.45) is 0 Å². The van der Waals surface area contributed by atoms with E-state index in [9.17, 15) is 0 Å². The van der Waals surface area contributed by atoms with Crippen molar-refractivity contribution in [1.82, 2.24) is 15.2 Å². The molecule has 3 heterocycles. The van der Waals surface area contributed by atoms with Crippen LogP contribution in [0.1, 0.15) is 41.3 Å². The number of hydrogen-bond donors (Lipinski definition) is 1. The zero-order valence-corrected chi connectivity index (χ0v) is 11.8. The van der Waals surface area contributed by atoms with Gasteiger partial charge in [0, 0.05) is 37.3 Å². The average Bonchev–Trinajstić information content (AvgIpc) is 3.33. The number of nitrogens with zero attached hydrogens (tertiary/aromatic N) is 4. The maximum atomic E-state index is 9.02. The Labute approximate surface area is 123 Å². The van der Waals surface area contributed by atoms with Crippen LogP contribution in [-0.2, 0) is 12.8 Å². The minimum atomic E-state index is 0.670. The number of anilines is 1. The molecule has 0 spiro atoms. The predicted octanol–water partition coefficient (Wildman–Crippen LogP) is 2.16. The van der Waals surface area contributed by atoms with Crippen molar-refractivity contribution < 1.29 is 0 Å². The van der Waals surface area contributed by atoms with Crippen molar-refractivity contribution in [1.29, 1.82) is 5.26 Å². The number of nitrogens with one attached hydrogen (secondary N) is 1. The highest BCUT2D eigenvalue weighted by Gasteiger charge is 2.31. The third-order valence-electron chi connectivity index (χ3n) is 4.41. The lowest BCUT2D eigenvalue weighted by atomic mass is 10.1. The van der Waals surface area contributed by atoms with Crippen molar-refractivity contribution in [2.75, 3.05) is 18.0 Å². The van der Waals surface area contributed by atoms with Gasteiger partial charge in [-0.15, -0.1) is 0 Å². The van der Waals surface area contributed by atoms with Gasteiger partial charge in [0.2, 0.25) is 0 Å². The summed E-state index contributed by atoms with van der Waals surface area (Å²) in [6.07, 6.45) is 6.26. The second-order valence-electron chi connectivity index (χ2n) is 5.84. The van der Waals surface area contributed by atoms with E-state index in [1.165, 1.54) is 29.8 Å². The van der Waals surface area contributed by atoms with Crippen LogP contribution in [-0.4, -0.2) is 28.3 Å². The standard InChI is InChI=1S/C16H17N5/c17-10-11-3-6-18-15(9-11)21-7-4-13-14(5-8-21)19-20-16(13)12-1-2-12/h3,6,9,12H,1-2,4-5,7-8H2,(H,19,20). The zero-order chi connectivity index (χ0) is 14.2. The van der Waals surface area contributed by atoms with Crippen LogP contribution in [0.15, 0.2) is 18.3 Å². The number of H-pyrrole nitrogens is 1. The molecule has 0 bridgehead atoms. The van der Waals surface area contributed by atoms with Gasteiger partial charge in [0.05, 0.1) is 17.3 Å². The van der Waals surface area contributed by atoms with Crippen LogP contribution in [0.25, 0.3) is 0 Å². The smallest absolute Gasteiger partial charge is 0.129 e. The van der Waals surface area contributed by atoms with E-state index in [1.54, 1.807) is 12.3 Å². The minimum absolute atomic E-state index is 0.670. The molecule has 1 aliphatic carbocycles. The molecule has 2 aromatic heterocycles. The molecule has 1 aliphatic heterocycles. The quantitative estimate of drug-likeness (QED) is 0.914.